The summed E-state index contributed by atoms with van der Waals surface area (Å²) in [7, 11) is 0. The van der Waals surface area contributed by atoms with Crippen molar-refractivity contribution in [1.29, 1.82) is 5.26 Å². The average molecular weight is 374 g/mol. The van der Waals surface area contributed by atoms with Crippen LogP contribution < -0.4 is 10.1 Å². The van der Waals surface area contributed by atoms with Gasteiger partial charge in [0.1, 0.15) is 12.4 Å². The number of aromatic hydroxyl groups is 1. The van der Waals surface area contributed by atoms with Crippen LogP contribution in [0.1, 0.15) is 11.1 Å². The number of nitrogens with one attached hydrogen (secondary N) is 1. The minimum atomic E-state index is -0.657. The lowest BCUT2D eigenvalue weighted by molar-refractivity contribution is 0.119. The molecule has 0 saturated carbocycles. The van der Waals surface area contributed by atoms with Crippen LogP contribution in [0.2, 0.25) is 5.02 Å². The number of nitriles is 1. The van der Waals surface area contributed by atoms with Crippen molar-refractivity contribution in [3.8, 4) is 28.7 Å². The van der Waals surface area contributed by atoms with Gasteiger partial charge in [-0.3, -0.25) is 4.90 Å². The molecule has 5 nitrogen and oxygen atoms in total. The predicted molar refractivity (Wildman–Crippen MR) is 95.8 cm³/mol. The fourth-order valence-electron chi connectivity index (χ4n) is 3.62. The van der Waals surface area contributed by atoms with Crippen LogP contribution in [0.4, 0.5) is 4.39 Å². The molecule has 0 radical (unpaired) electrons. The van der Waals surface area contributed by atoms with Gasteiger partial charge in [-0.05, 0) is 18.2 Å². The molecule has 4 rings (SSSR count). The molecule has 2 heterocycles. The van der Waals surface area contributed by atoms with Crippen molar-refractivity contribution in [2.75, 3.05) is 26.2 Å². The maximum absolute atomic E-state index is 15.4. The van der Waals surface area contributed by atoms with Crippen molar-refractivity contribution in [3.63, 3.8) is 0 Å². The van der Waals surface area contributed by atoms with Crippen LogP contribution in [0.3, 0.4) is 0 Å². The third-order valence-corrected chi connectivity index (χ3v) is 5.24. The Morgan fingerprint density at radius 2 is 2.23 bits per heavy atom. The summed E-state index contributed by atoms with van der Waals surface area (Å²) in [4.78, 5) is 2.23. The van der Waals surface area contributed by atoms with Gasteiger partial charge in [0.15, 0.2) is 11.6 Å². The summed E-state index contributed by atoms with van der Waals surface area (Å²) >= 11 is 6.19. The topological polar surface area (TPSA) is 68.5 Å². The maximum Gasteiger partial charge on any atom is 0.174 e. The first-order valence-corrected chi connectivity index (χ1v) is 8.79. The highest BCUT2D eigenvalue weighted by atomic mass is 35.5. The van der Waals surface area contributed by atoms with E-state index < -0.39 is 5.82 Å². The van der Waals surface area contributed by atoms with E-state index in [0.717, 1.165) is 19.6 Å². The van der Waals surface area contributed by atoms with Gasteiger partial charge in [0, 0.05) is 42.9 Å². The van der Waals surface area contributed by atoms with Gasteiger partial charge in [-0.2, -0.15) is 5.26 Å². The number of phenols is 1. The van der Waals surface area contributed by atoms with Crippen molar-refractivity contribution < 1.29 is 14.2 Å². The van der Waals surface area contributed by atoms with Crippen LogP contribution in [0.15, 0.2) is 24.3 Å². The van der Waals surface area contributed by atoms with E-state index in [1.807, 2.05) is 6.07 Å². The number of piperazine rings is 1. The Morgan fingerprint density at radius 3 is 3.00 bits per heavy atom. The fourth-order valence-corrected chi connectivity index (χ4v) is 3.89. The highest BCUT2D eigenvalue weighted by Crippen LogP contribution is 2.43. The van der Waals surface area contributed by atoms with Crippen molar-refractivity contribution in [1.82, 2.24) is 10.2 Å². The van der Waals surface area contributed by atoms with Gasteiger partial charge in [0.2, 0.25) is 0 Å². The van der Waals surface area contributed by atoms with Crippen LogP contribution in [-0.4, -0.2) is 42.3 Å². The molecule has 7 heteroatoms. The predicted octanol–water partition coefficient (Wildman–Crippen LogP) is 2.89. The van der Waals surface area contributed by atoms with Gasteiger partial charge in [-0.15, -0.1) is 0 Å². The number of ether oxygens (including phenoxy) is 1. The van der Waals surface area contributed by atoms with Gasteiger partial charge < -0.3 is 15.2 Å². The number of hydrogen-bond donors (Lipinski definition) is 2. The Bertz CT molecular complexity index is 892. The third kappa shape index (κ3) is 2.78. The number of fused-ring (bicyclic) bond motifs is 2. The highest BCUT2D eigenvalue weighted by Gasteiger charge is 2.31. The van der Waals surface area contributed by atoms with E-state index in [9.17, 15) is 10.4 Å². The quantitative estimate of drug-likeness (QED) is 0.804. The number of hydrogen-bond acceptors (Lipinski definition) is 5. The Hall–Kier alpha value is -2.33. The summed E-state index contributed by atoms with van der Waals surface area (Å²) in [6.45, 7) is 3.35. The smallest absolute Gasteiger partial charge is 0.174 e. The Kier molecular flexibility index (Phi) is 4.45. The number of nitrogens with zero attached hydrogens (tertiary/aromatic N) is 2. The molecule has 134 valence electrons. The van der Waals surface area contributed by atoms with Crippen molar-refractivity contribution in [2.24, 2.45) is 0 Å². The molecular weight excluding hydrogens is 357 g/mol. The third-order valence-electron chi connectivity index (χ3n) is 4.93. The zero-order chi connectivity index (χ0) is 18.3. The zero-order valence-electron chi connectivity index (χ0n) is 13.9. The molecule has 1 saturated heterocycles. The zero-order valence-corrected chi connectivity index (χ0v) is 14.7. The van der Waals surface area contributed by atoms with Crippen LogP contribution in [-0.2, 0) is 6.54 Å². The highest BCUT2D eigenvalue weighted by molar-refractivity contribution is 6.33. The lowest BCUT2D eigenvalue weighted by atomic mass is 9.95. The van der Waals surface area contributed by atoms with E-state index in [0.29, 0.717) is 18.7 Å². The van der Waals surface area contributed by atoms with Crippen molar-refractivity contribution in [2.45, 2.75) is 12.6 Å². The monoisotopic (exact) mass is 373 g/mol. The van der Waals surface area contributed by atoms with Crippen LogP contribution in [0.5, 0.6) is 11.5 Å². The summed E-state index contributed by atoms with van der Waals surface area (Å²) in [5, 5.41) is 23.3. The summed E-state index contributed by atoms with van der Waals surface area (Å²) in [6, 6.07) is 8.36. The molecule has 0 amide bonds. The van der Waals surface area contributed by atoms with Gasteiger partial charge in [0.05, 0.1) is 22.7 Å². The molecule has 0 unspecified atom stereocenters. The Labute approximate surface area is 155 Å². The lowest BCUT2D eigenvalue weighted by Gasteiger charge is -2.33. The summed E-state index contributed by atoms with van der Waals surface area (Å²) in [6.07, 6.45) is 0. The number of benzene rings is 2. The lowest BCUT2D eigenvalue weighted by Crippen LogP contribution is -2.52. The van der Waals surface area contributed by atoms with Crippen LogP contribution >= 0.6 is 11.6 Å². The molecule has 2 aromatic rings. The number of rotatable bonds is 1. The molecule has 2 aliphatic rings. The summed E-state index contributed by atoms with van der Waals surface area (Å²) in [5.74, 6) is -0.703. The minimum absolute atomic E-state index is 0.0210. The molecule has 1 fully saturated rings. The van der Waals surface area contributed by atoms with E-state index in [2.05, 4.69) is 10.2 Å². The van der Waals surface area contributed by atoms with E-state index in [1.165, 1.54) is 6.07 Å². The first kappa shape index (κ1) is 17.1. The molecule has 0 spiro atoms. The molecule has 2 aliphatic heterocycles. The van der Waals surface area contributed by atoms with E-state index in [1.54, 1.807) is 18.2 Å². The number of halogens is 2. The van der Waals surface area contributed by atoms with Gasteiger partial charge in [-0.25, -0.2) is 4.39 Å². The second-order valence-electron chi connectivity index (χ2n) is 6.49. The first-order valence-electron chi connectivity index (χ1n) is 8.41. The molecule has 2 aromatic carbocycles. The largest absolute Gasteiger partial charge is 0.507 e. The van der Waals surface area contributed by atoms with Crippen molar-refractivity contribution >= 4 is 11.6 Å². The standard InChI is InChI=1S/C19H17ClFN3O2/c20-14-2-1-3-15(25)17(14)16-11(7-22)6-12-9-24-5-4-23-8-13(24)10-26-19(12)18(16)21/h1-3,6,13,23,25H,4-5,8-10H2/t13-/m1/s1. The number of phenolic OH excluding ortho intramolecular Hbond substituents is 1. The molecule has 1 atom stereocenters. The molecule has 0 aliphatic carbocycles. The maximum atomic E-state index is 15.4. The summed E-state index contributed by atoms with van der Waals surface area (Å²) < 4.78 is 21.2. The molecule has 0 bridgehead atoms. The normalized spacial score (nSPS) is 19.7. The molecular formula is C19H17ClFN3O2. The van der Waals surface area contributed by atoms with Gasteiger partial charge in [0.25, 0.3) is 0 Å². The fraction of sp³-hybridized carbons (Fsp3) is 0.316. The summed E-state index contributed by atoms with van der Waals surface area (Å²) in [5.41, 5.74) is 0.853. The van der Waals surface area contributed by atoms with Crippen LogP contribution in [0.25, 0.3) is 11.1 Å². The van der Waals surface area contributed by atoms with Crippen LogP contribution in [0, 0.1) is 17.1 Å². The molecule has 0 aromatic heterocycles. The SMILES string of the molecule is N#Cc1cc2c(c(F)c1-c1c(O)cccc1Cl)OC[C@H]1CNCCN1C2. The first-order chi connectivity index (χ1) is 12.6. The van der Waals surface area contributed by atoms with Gasteiger partial charge >= 0.3 is 0 Å². The van der Waals surface area contributed by atoms with E-state index >= 15 is 4.39 Å². The van der Waals surface area contributed by atoms with E-state index in [-0.39, 0.29) is 39.3 Å². The molecule has 2 N–H and O–H groups in total. The average Bonchev–Trinajstić information content (AvgIpc) is 2.82. The van der Waals surface area contributed by atoms with E-state index in [4.69, 9.17) is 16.3 Å². The van der Waals surface area contributed by atoms with Gasteiger partial charge in [-0.1, -0.05) is 17.7 Å². The Morgan fingerprint density at radius 1 is 1.38 bits per heavy atom. The Balaban J connectivity index is 1.89. The molecule has 26 heavy (non-hydrogen) atoms. The second kappa shape index (κ2) is 6.76. The van der Waals surface area contributed by atoms with Crippen molar-refractivity contribution in [3.05, 3.63) is 46.2 Å². The minimum Gasteiger partial charge on any atom is -0.507 e. The second-order valence-corrected chi connectivity index (χ2v) is 6.89.